The Labute approximate surface area is 147 Å². The molecule has 7 heteroatoms. The Kier molecular flexibility index (Phi) is 9.83. The number of rotatable bonds is 10. The molecule has 0 saturated carbocycles. The first-order chi connectivity index (χ1) is 11.1. The molecule has 0 aliphatic heterocycles. The van der Waals surface area contributed by atoms with Crippen molar-refractivity contribution in [2.24, 2.45) is 0 Å². The number of amides is 1. The molecule has 5 nitrogen and oxygen atoms in total. The molecule has 0 spiro atoms. The molecule has 1 aromatic carbocycles. The van der Waals surface area contributed by atoms with E-state index < -0.39 is 6.09 Å². The maximum absolute atomic E-state index is 11.6. The summed E-state index contributed by atoms with van der Waals surface area (Å²) in [5.41, 5.74) is 1.63. The minimum absolute atomic E-state index is 0.328. The molecule has 0 aromatic heterocycles. The lowest BCUT2D eigenvalue weighted by molar-refractivity contribution is 0.168. The van der Waals surface area contributed by atoms with Crippen molar-refractivity contribution in [3.63, 3.8) is 0 Å². The number of hydrogen-bond acceptors (Lipinski definition) is 4. The molecule has 0 aliphatic carbocycles. The highest BCUT2D eigenvalue weighted by Crippen LogP contribution is 2.25. The smallest absolute Gasteiger partial charge is 0.411 e. The van der Waals surface area contributed by atoms with Crippen molar-refractivity contribution in [3.05, 3.63) is 23.8 Å². The van der Waals surface area contributed by atoms with E-state index in [9.17, 15) is 4.79 Å². The Hall–Kier alpha value is -1.17. The summed E-state index contributed by atoms with van der Waals surface area (Å²) in [5.74, 6) is 1.85. The van der Waals surface area contributed by atoms with Crippen molar-refractivity contribution in [2.75, 3.05) is 43.4 Å². The predicted molar refractivity (Wildman–Crippen MR) is 95.0 cm³/mol. The third-order valence-corrected chi connectivity index (χ3v) is 3.42. The van der Waals surface area contributed by atoms with E-state index in [0.29, 0.717) is 37.2 Å². The van der Waals surface area contributed by atoms with Crippen molar-refractivity contribution in [1.29, 1.82) is 0 Å². The summed E-state index contributed by atoms with van der Waals surface area (Å²) in [6.45, 7) is 6.71. The topological polar surface area (TPSA) is 50.8 Å². The van der Waals surface area contributed by atoms with Crippen LogP contribution in [-0.4, -0.2) is 49.1 Å². The summed E-state index contributed by atoms with van der Waals surface area (Å²) >= 11 is 11.7. The minimum Gasteiger partial charge on any atom is -0.494 e. The SMILES string of the molecule is CCOC(=O)Nc1ccc(OCC)c(CN(CCCl)CCCl)c1. The number of carbonyl (C=O) groups excluding carboxylic acids is 1. The number of anilines is 1. The molecule has 0 radical (unpaired) electrons. The van der Waals surface area contributed by atoms with Gasteiger partial charge >= 0.3 is 6.09 Å². The van der Waals surface area contributed by atoms with Gasteiger partial charge in [-0.25, -0.2) is 4.79 Å². The van der Waals surface area contributed by atoms with Crippen molar-refractivity contribution < 1.29 is 14.3 Å². The van der Waals surface area contributed by atoms with Crippen LogP contribution in [0, 0.1) is 0 Å². The second-order valence-electron chi connectivity index (χ2n) is 4.76. The van der Waals surface area contributed by atoms with Crippen LogP contribution in [0.1, 0.15) is 19.4 Å². The maximum atomic E-state index is 11.6. The van der Waals surface area contributed by atoms with E-state index in [1.807, 2.05) is 19.1 Å². The first kappa shape index (κ1) is 19.9. The molecule has 1 aromatic rings. The Morgan fingerprint density at radius 1 is 1.17 bits per heavy atom. The van der Waals surface area contributed by atoms with Gasteiger partial charge in [0.1, 0.15) is 5.75 Å². The number of nitrogens with one attached hydrogen (secondary N) is 1. The second kappa shape index (κ2) is 11.4. The molecular formula is C16H24Cl2N2O3. The lowest BCUT2D eigenvalue weighted by Crippen LogP contribution is -2.27. The molecule has 0 fully saturated rings. The average Bonchev–Trinajstić information content (AvgIpc) is 2.51. The van der Waals surface area contributed by atoms with Gasteiger partial charge in [0.25, 0.3) is 0 Å². The maximum Gasteiger partial charge on any atom is 0.411 e. The average molecular weight is 363 g/mol. The van der Waals surface area contributed by atoms with Crippen LogP contribution in [0.3, 0.4) is 0 Å². The van der Waals surface area contributed by atoms with Gasteiger partial charge in [0.05, 0.1) is 13.2 Å². The van der Waals surface area contributed by atoms with E-state index in [4.69, 9.17) is 32.7 Å². The third kappa shape index (κ3) is 7.29. The number of hydrogen-bond donors (Lipinski definition) is 1. The quantitative estimate of drug-likeness (QED) is 0.640. The van der Waals surface area contributed by atoms with Crippen LogP contribution in [-0.2, 0) is 11.3 Å². The molecule has 130 valence electrons. The van der Waals surface area contributed by atoms with Gasteiger partial charge in [-0.05, 0) is 32.0 Å². The van der Waals surface area contributed by atoms with E-state index in [2.05, 4.69) is 10.2 Å². The molecule has 0 atom stereocenters. The van der Waals surface area contributed by atoms with Gasteiger partial charge in [-0.3, -0.25) is 10.2 Å². The Morgan fingerprint density at radius 2 is 1.87 bits per heavy atom. The van der Waals surface area contributed by atoms with Crippen molar-refractivity contribution in [1.82, 2.24) is 4.90 Å². The molecule has 23 heavy (non-hydrogen) atoms. The largest absolute Gasteiger partial charge is 0.494 e. The Balaban J connectivity index is 2.92. The van der Waals surface area contributed by atoms with Crippen LogP contribution in [0.4, 0.5) is 10.5 Å². The zero-order valence-corrected chi connectivity index (χ0v) is 15.1. The number of ether oxygens (including phenoxy) is 2. The highest BCUT2D eigenvalue weighted by Gasteiger charge is 2.12. The van der Waals surface area contributed by atoms with Crippen LogP contribution in [0.25, 0.3) is 0 Å². The van der Waals surface area contributed by atoms with Gasteiger partial charge in [-0.15, -0.1) is 23.2 Å². The van der Waals surface area contributed by atoms with Gasteiger partial charge in [-0.2, -0.15) is 0 Å². The summed E-state index contributed by atoms with van der Waals surface area (Å²) in [5, 5.41) is 2.70. The van der Waals surface area contributed by atoms with Crippen LogP contribution in [0.15, 0.2) is 18.2 Å². The number of alkyl halides is 2. The molecule has 0 aliphatic rings. The van der Waals surface area contributed by atoms with E-state index in [0.717, 1.165) is 24.4 Å². The Morgan fingerprint density at radius 3 is 2.43 bits per heavy atom. The fraction of sp³-hybridized carbons (Fsp3) is 0.562. The lowest BCUT2D eigenvalue weighted by Gasteiger charge is -2.22. The van der Waals surface area contributed by atoms with E-state index in [1.54, 1.807) is 13.0 Å². The van der Waals surface area contributed by atoms with Crippen molar-refractivity contribution in [3.8, 4) is 5.75 Å². The molecule has 0 heterocycles. The van der Waals surface area contributed by atoms with Gasteiger partial charge in [0.2, 0.25) is 0 Å². The summed E-state index contributed by atoms with van der Waals surface area (Å²) in [6, 6.07) is 5.52. The monoisotopic (exact) mass is 362 g/mol. The van der Waals surface area contributed by atoms with Crippen molar-refractivity contribution >= 4 is 35.0 Å². The number of benzene rings is 1. The third-order valence-electron chi connectivity index (χ3n) is 3.08. The van der Waals surface area contributed by atoms with E-state index in [1.165, 1.54) is 0 Å². The molecule has 1 amide bonds. The van der Waals surface area contributed by atoms with Gasteiger partial charge in [0, 0.05) is 42.6 Å². The zero-order chi connectivity index (χ0) is 17.1. The molecule has 0 saturated heterocycles. The zero-order valence-electron chi connectivity index (χ0n) is 13.6. The number of halogens is 2. The van der Waals surface area contributed by atoms with Gasteiger partial charge in [-0.1, -0.05) is 0 Å². The number of carbonyl (C=O) groups is 1. The van der Waals surface area contributed by atoms with Crippen LogP contribution in [0.2, 0.25) is 0 Å². The highest BCUT2D eigenvalue weighted by molar-refractivity contribution is 6.18. The summed E-state index contributed by atoms with van der Waals surface area (Å²) in [6.07, 6.45) is -0.471. The number of nitrogens with zero attached hydrogens (tertiary/aromatic N) is 1. The fourth-order valence-corrected chi connectivity index (χ4v) is 2.59. The van der Waals surface area contributed by atoms with Crippen LogP contribution < -0.4 is 10.1 Å². The molecular weight excluding hydrogens is 339 g/mol. The summed E-state index contributed by atoms with van der Waals surface area (Å²) in [7, 11) is 0. The molecule has 0 bridgehead atoms. The fourth-order valence-electron chi connectivity index (χ4n) is 2.11. The summed E-state index contributed by atoms with van der Waals surface area (Å²) in [4.78, 5) is 13.7. The molecule has 0 unspecified atom stereocenters. The second-order valence-corrected chi connectivity index (χ2v) is 5.51. The normalized spacial score (nSPS) is 10.7. The van der Waals surface area contributed by atoms with E-state index >= 15 is 0 Å². The van der Waals surface area contributed by atoms with Crippen LogP contribution >= 0.6 is 23.2 Å². The van der Waals surface area contributed by atoms with Crippen molar-refractivity contribution in [2.45, 2.75) is 20.4 Å². The predicted octanol–water partition coefficient (Wildman–Crippen LogP) is 3.93. The van der Waals surface area contributed by atoms with Crippen LogP contribution in [0.5, 0.6) is 5.75 Å². The first-order valence-corrected chi connectivity index (χ1v) is 8.75. The molecule has 1 N–H and O–H groups in total. The summed E-state index contributed by atoms with van der Waals surface area (Å²) < 4.78 is 10.6. The minimum atomic E-state index is -0.471. The highest BCUT2D eigenvalue weighted by atomic mass is 35.5. The van der Waals surface area contributed by atoms with Gasteiger partial charge < -0.3 is 9.47 Å². The first-order valence-electron chi connectivity index (χ1n) is 7.68. The Bertz CT molecular complexity index is 480. The van der Waals surface area contributed by atoms with Gasteiger partial charge in [0.15, 0.2) is 0 Å². The van der Waals surface area contributed by atoms with E-state index in [-0.39, 0.29) is 0 Å². The lowest BCUT2D eigenvalue weighted by atomic mass is 10.1. The molecule has 1 rings (SSSR count). The standard InChI is InChI=1S/C16H24Cl2N2O3/c1-3-22-15-6-5-14(19-16(21)23-4-2)11-13(15)12-20(9-7-17)10-8-18/h5-6,11H,3-4,7-10,12H2,1-2H3,(H,19,21).